The fourth-order valence-electron chi connectivity index (χ4n) is 2.08. The van der Waals surface area contributed by atoms with Gasteiger partial charge in [0.25, 0.3) is 0 Å². The van der Waals surface area contributed by atoms with Crippen LogP contribution in [-0.2, 0) is 13.0 Å². The number of benzene rings is 1. The number of aliphatic hydroxyl groups is 1. The highest BCUT2D eigenvalue weighted by Gasteiger charge is 2.25. The highest BCUT2D eigenvalue weighted by atomic mass is 35.5. The maximum Gasteiger partial charge on any atom is 0.383 e. The molecule has 1 aromatic carbocycles. The molecular weight excluding hydrogens is 294 g/mol. The van der Waals surface area contributed by atoms with Gasteiger partial charge in [-0.1, -0.05) is 30.3 Å². The van der Waals surface area contributed by atoms with Crippen molar-refractivity contribution < 1.29 is 10.0 Å². The molecule has 1 unspecified atom stereocenters. The predicted molar refractivity (Wildman–Crippen MR) is 79.3 cm³/mol. The minimum atomic E-state index is -1.03. The Morgan fingerprint density at radius 1 is 1.43 bits per heavy atom. The van der Waals surface area contributed by atoms with E-state index in [-0.39, 0.29) is 17.6 Å². The SMILES string of the molecule is CC(O)(CCc1ccccc1)Cn1cc([N+](=O)[O-])nc1Cl. The number of nitrogens with zero attached hydrogens (tertiary/aromatic N) is 3. The average Bonchev–Trinajstić information content (AvgIpc) is 2.79. The Labute approximate surface area is 127 Å². The van der Waals surface area contributed by atoms with Crippen LogP contribution in [0.25, 0.3) is 0 Å². The van der Waals surface area contributed by atoms with Gasteiger partial charge in [0, 0.05) is 0 Å². The minimum Gasteiger partial charge on any atom is -0.388 e. The standard InChI is InChI=1S/C14H16ClN3O3/c1-14(19,8-7-11-5-3-2-4-6-11)10-17-9-12(18(20)21)16-13(17)15/h2-6,9,19H,7-8,10H2,1H3. The molecule has 0 saturated carbocycles. The zero-order valence-corrected chi connectivity index (χ0v) is 12.3. The van der Waals surface area contributed by atoms with Crippen LogP contribution in [0.1, 0.15) is 18.9 Å². The summed E-state index contributed by atoms with van der Waals surface area (Å²) in [7, 11) is 0. The maximum atomic E-state index is 10.7. The van der Waals surface area contributed by atoms with Crippen molar-refractivity contribution in [3.05, 3.63) is 57.5 Å². The molecule has 112 valence electrons. The van der Waals surface area contributed by atoms with Crippen molar-refractivity contribution in [2.45, 2.75) is 31.9 Å². The van der Waals surface area contributed by atoms with Crippen LogP contribution >= 0.6 is 11.6 Å². The molecule has 0 fully saturated rings. The molecule has 0 amide bonds. The van der Waals surface area contributed by atoms with E-state index < -0.39 is 10.5 Å². The Morgan fingerprint density at radius 3 is 2.67 bits per heavy atom. The van der Waals surface area contributed by atoms with Crippen molar-refractivity contribution in [3.8, 4) is 0 Å². The first-order valence-electron chi connectivity index (χ1n) is 6.51. The average molecular weight is 310 g/mol. The molecule has 21 heavy (non-hydrogen) atoms. The van der Waals surface area contributed by atoms with Crippen molar-refractivity contribution in [1.82, 2.24) is 9.55 Å². The fraction of sp³-hybridized carbons (Fsp3) is 0.357. The highest BCUT2D eigenvalue weighted by molar-refractivity contribution is 6.28. The number of hydrogen-bond donors (Lipinski definition) is 1. The van der Waals surface area contributed by atoms with Gasteiger partial charge in [-0.05, 0) is 46.8 Å². The molecule has 7 heteroatoms. The number of hydrogen-bond acceptors (Lipinski definition) is 4. The maximum absolute atomic E-state index is 10.7. The first kappa shape index (κ1) is 15.5. The molecular formula is C14H16ClN3O3. The molecule has 0 aliphatic heterocycles. The van der Waals surface area contributed by atoms with Crippen LogP contribution in [-0.4, -0.2) is 25.2 Å². The van der Waals surface area contributed by atoms with Crippen molar-refractivity contribution in [3.63, 3.8) is 0 Å². The largest absolute Gasteiger partial charge is 0.388 e. The van der Waals surface area contributed by atoms with E-state index in [0.717, 1.165) is 5.56 Å². The summed E-state index contributed by atoms with van der Waals surface area (Å²) in [5.41, 5.74) is 0.0918. The third-order valence-electron chi connectivity index (χ3n) is 3.21. The lowest BCUT2D eigenvalue weighted by molar-refractivity contribution is -0.389. The molecule has 1 atom stereocenters. The van der Waals surface area contributed by atoms with E-state index in [2.05, 4.69) is 4.98 Å². The molecule has 2 rings (SSSR count). The molecule has 0 saturated heterocycles. The molecule has 1 heterocycles. The quantitative estimate of drug-likeness (QED) is 0.657. The number of halogens is 1. The molecule has 0 radical (unpaired) electrons. The molecule has 0 aliphatic carbocycles. The first-order valence-corrected chi connectivity index (χ1v) is 6.88. The van der Waals surface area contributed by atoms with Crippen molar-refractivity contribution in [2.24, 2.45) is 0 Å². The van der Waals surface area contributed by atoms with E-state index in [1.807, 2.05) is 30.3 Å². The zero-order valence-electron chi connectivity index (χ0n) is 11.6. The number of aromatic nitrogens is 2. The summed E-state index contributed by atoms with van der Waals surface area (Å²) in [4.78, 5) is 13.7. The van der Waals surface area contributed by atoms with Gasteiger partial charge in [0.1, 0.15) is 6.20 Å². The summed E-state index contributed by atoms with van der Waals surface area (Å²) in [6.45, 7) is 1.83. The van der Waals surface area contributed by atoms with Gasteiger partial charge >= 0.3 is 11.1 Å². The monoisotopic (exact) mass is 309 g/mol. The van der Waals surface area contributed by atoms with Crippen molar-refractivity contribution in [1.29, 1.82) is 0 Å². The molecule has 6 nitrogen and oxygen atoms in total. The molecule has 2 aromatic rings. The topological polar surface area (TPSA) is 81.2 Å². The van der Waals surface area contributed by atoms with E-state index in [1.165, 1.54) is 10.8 Å². The van der Waals surface area contributed by atoms with E-state index in [4.69, 9.17) is 11.6 Å². The Bertz CT molecular complexity index is 626. The summed E-state index contributed by atoms with van der Waals surface area (Å²) in [5, 5.41) is 21.1. The summed E-state index contributed by atoms with van der Waals surface area (Å²) < 4.78 is 1.39. The second-order valence-electron chi connectivity index (χ2n) is 5.24. The predicted octanol–water partition coefficient (Wildman–Crippen LogP) is 2.83. The van der Waals surface area contributed by atoms with Crippen LogP contribution in [0, 0.1) is 10.1 Å². The fourth-order valence-corrected chi connectivity index (χ4v) is 2.28. The third-order valence-corrected chi connectivity index (χ3v) is 3.51. The lowest BCUT2D eigenvalue weighted by atomic mass is 9.97. The van der Waals surface area contributed by atoms with Gasteiger partial charge in [-0.15, -0.1) is 0 Å². The smallest absolute Gasteiger partial charge is 0.383 e. The second-order valence-corrected chi connectivity index (χ2v) is 5.57. The van der Waals surface area contributed by atoms with Crippen LogP contribution in [0.5, 0.6) is 0 Å². The number of nitro groups is 1. The van der Waals surface area contributed by atoms with Crippen LogP contribution in [0.15, 0.2) is 36.5 Å². The van der Waals surface area contributed by atoms with Crippen LogP contribution < -0.4 is 0 Å². The summed E-state index contributed by atoms with van der Waals surface area (Å²) in [5.74, 6) is -0.321. The molecule has 1 N–H and O–H groups in total. The Hall–Kier alpha value is -1.92. The molecule has 0 aliphatic rings. The van der Waals surface area contributed by atoms with Crippen LogP contribution in [0.3, 0.4) is 0 Å². The first-order chi connectivity index (χ1) is 9.87. The van der Waals surface area contributed by atoms with Gasteiger partial charge in [-0.2, -0.15) is 0 Å². The second kappa shape index (κ2) is 6.24. The van der Waals surface area contributed by atoms with Crippen molar-refractivity contribution >= 4 is 17.4 Å². The number of rotatable bonds is 6. The van der Waals surface area contributed by atoms with Gasteiger partial charge in [-0.25, -0.2) is 0 Å². The van der Waals surface area contributed by atoms with Crippen LogP contribution in [0.2, 0.25) is 5.28 Å². The minimum absolute atomic E-state index is 0.00156. The Balaban J connectivity index is 2.01. The summed E-state index contributed by atoms with van der Waals surface area (Å²) >= 11 is 5.85. The van der Waals surface area contributed by atoms with E-state index in [0.29, 0.717) is 12.8 Å². The van der Waals surface area contributed by atoms with Crippen molar-refractivity contribution in [2.75, 3.05) is 0 Å². The van der Waals surface area contributed by atoms with E-state index in [9.17, 15) is 15.2 Å². The van der Waals surface area contributed by atoms with E-state index >= 15 is 0 Å². The van der Waals surface area contributed by atoms with Gasteiger partial charge in [0.2, 0.25) is 0 Å². The lowest BCUT2D eigenvalue weighted by Crippen LogP contribution is -2.31. The lowest BCUT2D eigenvalue weighted by Gasteiger charge is -2.23. The van der Waals surface area contributed by atoms with Gasteiger partial charge < -0.3 is 15.2 Å². The third kappa shape index (κ3) is 4.27. The van der Waals surface area contributed by atoms with Crippen LogP contribution in [0.4, 0.5) is 5.82 Å². The molecule has 0 spiro atoms. The van der Waals surface area contributed by atoms with Gasteiger partial charge in [-0.3, -0.25) is 4.57 Å². The number of aryl methyl sites for hydroxylation is 1. The highest BCUT2D eigenvalue weighted by Crippen LogP contribution is 2.21. The van der Waals surface area contributed by atoms with Gasteiger partial charge in [0.05, 0.1) is 12.1 Å². The molecule has 0 bridgehead atoms. The Kier molecular flexibility index (Phi) is 4.59. The summed E-state index contributed by atoms with van der Waals surface area (Å²) in [6, 6.07) is 9.81. The Morgan fingerprint density at radius 2 is 2.10 bits per heavy atom. The summed E-state index contributed by atoms with van der Waals surface area (Å²) in [6.07, 6.45) is 2.46. The molecule has 1 aromatic heterocycles. The zero-order chi connectivity index (χ0) is 15.5. The van der Waals surface area contributed by atoms with Gasteiger partial charge in [0.15, 0.2) is 0 Å². The normalized spacial score (nSPS) is 13.9. The number of imidazole rings is 1. The van der Waals surface area contributed by atoms with E-state index in [1.54, 1.807) is 6.92 Å².